The molecular formula is C24H22FN3O2. The molecule has 0 saturated heterocycles. The Hall–Kier alpha value is -3.28. The maximum Gasteiger partial charge on any atom is 0.237 e. The van der Waals surface area contributed by atoms with Crippen LogP contribution in [-0.4, -0.2) is 29.6 Å². The number of benzene rings is 1. The molecule has 1 aromatic carbocycles. The van der Waals surface area contributed by atoms with E-state index in [1.165, 1.54) is 6.07 Å². The van der Waals surface area contributed by atoms with Crippen LogP contribution in [0.3, 0.4) is 0 Å². The van der Waals surface area contributed by atoms with Gasteiger partial charge in [-0.2, -0.15) is 0 Å². The summed E-state index contributed by atoms with van der Waals surface area (Å²) in [5.74, 6) is 0.169. The number of pyridine rings is 1. The third kappa shape index (κ3) is 2.86. The number of aromatic nitrogens is 1. The molecule has 1 N–H and O–H groups in total. The predicted molar refractivity (Wildman–Crippen MR) is 116 cm³/mol. The molecule has 3 aliphatic rings. The van der Waals surface area contributed by atoms with Gasteiger partial charge < -0.3 is 10.1 Å². The van der Waals surface area contributed by atoms with E-state index in [1.54, 1.807) is 12.4 Å². The highest BCUT2D eigenvalue weighted by Gasteiger charge is 2.31. The van der Waals surface area contributed by atoms with E-state index in [9.17, 15) is 4.79 Å². The average Bonchev–Trinajstić information content (AvgIpc) is 3.29. The Kier molecular flexibility index (Phi) is 4.31. The lowest BCUT2D eigenvalue weighted by Crippen LogP contribution is -2.20. The molecule has 152 valence electrons. The minimum absolute atomic E-state index is 0.0510. The number of halogens is 1. The van der Waals surface area contributed by atoms with E-state index in [0.29, 0.717) is 42.2 Å². The van der Waals surface area contributed by atoms with E-state index in [1.807, 2.05) is 26.8 Å². The molecule has 3 heterocycles. The molecule has 5 nitrogen and oxygen atoms in total. The zero-order valence-electron chi connectivity index (χ0n) is 17.2. The van der Waals surface area contributed by atoms with Crippen molar-refractivity contribution in [1.29, 1.82) is 0 Å². The fourth-order valence-corrected chi connectivity index (χ4v) is 4.51. The van der Waals surface area contributed by atoms with Crippen molar-refractivity contribution in [2.45, 2.75) is 33.6 Å². The van der Waals surface area contributed by atoms with E-state index in [4.69, 9.17) is 4.74 Å². The number of ketones is 1. The lowest BCUT2D eigenvalue weighted by Gasteiger charge is -2.22. The number of hydrogen-bond acceptors (Lipinski definition) is 5. The first-order valence-corrected chi connectivity index (χ1v) is 10.1. The summed E-state index contributed by atoms with van der Waals surface area (Å²) in [6, 6.07) is 1.53. The lowest BCUT2D eigenvalue weighted by atomic mass is 9.90. The van der Waals surface area contributed by atoms with Gasteiger partial charge in [-0.1, -0.05) is 0 Å². The van der Waals surface area contributed by atoms with Gasteiger partial charge in [-0.05, 0) is 60.7 Å². The first-order chi connectivity index (χ1) is 14.4. The molecule has 2 aromatic rings. The molecule has 1 aromatic heterocycles. The second kappa shape index (κ2) is 6.90. The van der Waals surface area contributed by atoms with Crippen molar-refractivity contribution in [3.8, 4) is 17.0 Å². The number of nitrogens with zero attached hydrogens (tertiary/aromatic N) is 2. The highest BCUT2D eigenvalue weighted by Crippen LogP contribution is 2.42. The van der Waals surface area contributed by atoms with Crippen LogP contribution in [0.25, 0.3) is 16.7 Å². The predicted octanol–water partition coefficient (Wildman–Crippen LogP) is 4.57. The second-order valence-corrected chi connectivity index (χ2v) is 8.04. The number of ether oxygens (including phenoxy) is 1. The summed E-state index contributed by atoms with van der Waals surface area (Å²) in [7, 11) is 0. The highest BCUT2D eigenvalue weighted by atomic mass is 19.1. The van der Waals surface area contributed by atoms with Gasteiger partial charge in [-0.15, -0.1) is 0 Å². The van der Waals surface area contributed by atoms with Crippen molar-refractivity contribution in [3.63, 3.8) is 0 Å². The minimum Gasteiger partial charge on any atom is -0.474 e. The molecule has 0 amide bonds. The maximum absolute atomic E-state index is 15.1. The molecule has 6 heteroatoms. The number of carbonyl (C=O) groups is 1. The molecular weight excluding hydrogens is 381 g/mol. The number of carbonyl (C=O) groups excluding carboxylic acids is 1. The molecule has 0 saturated carbocycles. The van der Waals surface area contributed by atoms with Crippen molar-refractivity contribution in [2.75, 3.05) is 18.5 Å². The standard InChI is InChI=1S/C24H22FN3O2/c1-12-6-15(10-27-12)7-18-21(29)9-17-20(25)8-16(13(2)22(17)18)19-11-28-24-23(14(19)3)26-4-5-30-24/h7-8,10-11,26H,4-6,9H2,1-3H3/b18-7+. The molecule has 2 aliphatic heterocycles. The summed E-state index contributed by atoms with van der Waals surface area (Å²) >= 11 is 0. The third-order valence-electron chi connectivity index (χ3n) is 6.02. The van der Waals surface area contributed by atoms with Crippen molar-refractivity contribution in [2.24, 2.45) is 4.99 Å². The van der Waals surface area contributed by atoms with Crippen molar-refractivity contribution >= 4 is 22.8 Å². The lowest BCUT2D eigenvalue weighted by molar-refractivity contribution is -0.112. The van der Waals surface area contributed by atoms with Crippen LogP contribution in [0.1, 0.15) is 35.6 Å². The van der Waals surface area contributed by atoms with Gasteiger partial charge in [0.25, 0.3) is 0 Å². The van der Waals surface area contributed by atoms with Crippen molar-refractivity contribution < 1.29 is 13.9 Å². The van der Waals surface area contributed by atoms with E-state index >= 15 is 4.39 Å². The molecule has 5 rings (SSSR count). The van der Waals surface area contributed by atoms with Crippen molar-refractivity contribution in [3.05, 3.63) is 58.2 Å². The molecule has 0 atom stereocenters. The Labute approximate surface area is 174 Å². The summed E-state index contributed by atoms with van der Waals surface area (Å²) in [5.41, 5.74) is 8.02. The topological polar surface area (TPSA) is 63.6 Å². The summed E-state index contributed by atoms with van der Waals surface area (Å²) in [6.07, 6.45) is 6.20. The van der Waals surface area contributed by atoms with Gasteiger partial charge in [-0.3, -0.25) is 9.79 Å². The number of anilines is 1. The van der Waals surface area contributed by atoms with Crippen LogP contribution in [0.5, 0.6) is 5.88 Å². The second-order valence-electron chi connectivity index (χ2n) is 8.04. The average molecular weight is 403 g/mol. The van der Waals surface area contributed by atoms with E-state index in [0.717, 1.165) is 39.2 Å². The summed E-state index contributed by atoms with van der Waals surface area (Å²) in [5, 5.41) is 3.33. The Morgan fingerprint density at radius 2 is 2.00 bits per heavy atom. The molecule has 0 radical (unpaired) electrons. The van der Waals surface area contributed by atoms with Crippen LogP contribution in [-0.2, 0) is 11.2 Å². The van der Waals surface area contributed by atoms with Crippen LogP contribution in [0.4, 0.5) is 10.1 Å². The Morgan fingerprint density at radius 1 is 1.17 bits per heavy atom. The SMILES string of the molecule is CC1=NC=C(/C=C2\C(=O)Cc3c(F)cc(-c4cnc5c(c4C)NCCO5)c(C)c32)C1. The number of Topliss-reactive ketones (excluding diaryl/α,β-unsaturated/α-hetero) is 1. The van der Waals surface area contributed by atoms with Gasteiger partial charge in [0.1, 0.15) is 18.1 Å². The van der Waals surface area contributed by atoms with Crippen molar-refractivity contribution in [1.82, 2.24) is 4.98 Å². The maximum atomic E-state index is 15.1. The fraction of sp³-hybridized carbons (Fsp3) is 0.292. The monoisotopic (exact) mass is 403 g/mol. The number of aliphatic imine (C=N–C) groups is 1. The summed E-state index contributed by atoms with van der Waals surface area (Å²) in [4.78, 5) is 21.5. The molecule has 0 spiro atoms. The highest BCUT2D eigenvalue weighted by molar-refractivity contribution is 6.26. The van der Waals surface area contributed by atoms with Gasteiger partial charge in [0.05, 0.1) is 0 Å². The summed E-state index contributed by atoms with van der Waals surface area (Å²) < 4.78 is 20.8. The van der Waals surface area contributed by atoms with Gasteiger partial charge in [0, 0.05) is 54.2 Å². The fourth-order valence-electron chi connectivity index (χ4n) is 4.51. The van der Waals surface area contributed by atoms with Gasteiger partial charge in [0.15, 0.2) is 5.78 Å². The summed E-state index contributed by atoms with van der Waals surface area (Å²) in [6.45, 7) is 7.16. The van der Waals surface area contributed by atoms with Gasteiger partial charge in [0.2, 0.25) is 5.88 Å². The Morgan fingerprint density at radius 3 is 2.77 bits per heavy atom. The minimum atomic E-state index is -0.350. The molecule has 0 unspecified atom stereocenters. The first-order valence-electron chi connectivity index (χ1n) is 10.1. The number of fused-ring (bicyclic) bond motifs is 2. The van der Waals surface area contributed by atoms with Crippen LogP contribution >= 0.6 is 0 Å². The van der Waals surface area contributed by atoms with E-state index in [-0.39, 0.29) is 18.0 Å². The largest absolute Gasteiger partial charge is 0.474 e. The van der Waals surface area contributed by atoms with E-state index in [2.05, 4.69) is 15.3 Å². The number of rotatable bonds is 2. The number of allylic oxidation sites excluding steroid dienone is 3. The first kappa shape index (κ1) is 18.7. The number of nitrogens with one attached hydrogen (secondary N) is 1. The van der Waals surface area contributed by atoms with Crippen LogP contribution in [0.2, 0.25) is 0 Å². The molecule has 30 heavy (non-hydrogen) atoms. The van der Waals surface area contributed by atoms with Gasteiger partial charge >= 0.3 is 0 Å². The molecule has 0 bridgehead atoms. The number of hydrogen-bond donors (Lipinski definition) is 1. The van der Waals surface area contributed by atoms with Crippen LogP contribution in [0, 0.1) is 19.7 Å². The van der Waals surface area contributed by atoms with Crippen LogP contribution < -0.4 is 10.1 Å². The Bertz CT molecular complexity index is 1210. The van der Waals surface area contributed by atoms with E-state index < -0.39 is 0 Å². The smallest absolute Gasteiger partial charge is 0.237 e. The Balaban J connectivity index is 1.67. The molecule has 1 aliphatic carbocycles. The molecule has 0 fully saturated rings. The third-order valence-corrected chi connectivity index (χ3v) is 6.02. The zero-order chi connectivity index (χ0) is 21.0. The quantitative estimate of drug-likeness (QED) is 0.747. The normalized spacial score (nSPS) is 18.5. The van der Waals surface area contributed by atoms with Crippen LogP contribution in [0.15, 0.2) is 35.1 Å². The van der Waals surface area contributed by atoms with Gasteiger partial charge in [-0.25, -0.2) is 9.37 Å². The zero-order valence-corrected chi connectivity index (χ0v) is 17.2.